The van der Waals surface area contributed by atoms with Gasteiger partial charge in [0.25, 0.3) is 0 Å². The molecule has 0 fully saturated rings. The maximum Gasteiger partial charge on any atom is 0.308 e. The van der Waals surface area contributed by atoms with Gasteiger partial charge in [-0.2, -0.15) is 0 Å². The van der Waals surface area contributed by atoms with Crippen molar-refractivity contribution in [3.63, 3.8) is 0 Å². The summed E-state index contributed by atoms with van der Waals surface area (Å²) in [7, 11) is 3.00. The Morgan fingerprint density at radius 3 is 2.59 bits per heavy atom. The Kier molecular flexibility index (Phi) is 5.76. The second kappa shape index (κ2) is 8.81. The number of aromatic hydroxyl groups is 1. The van der Waals surface area contributed by atoms with Gasteiger partial charge in [-0.3, -0.25) is 9.20 Å². The first-order valence-electron chi connectivity index (χ1n) is 9.75. The maximum absolute atomic E-state index is 11.3. The molecule has 2 heterocycles. The molecule has 0 aliphatic heterocycles. The molecule has 0 unspecified atom stereocenters. The number of esters is 1. The van der Waals surface area contributed by atoms with Gasteiger partial charge in [0.15, 0.2) is 28.8 Å². The number of aliphatic imine (C=N–C) groups is 1. The van der Waals surface area contributed by atoms with Crippen LogP contribution in [0.5, 0.6) is 23.0 Å². The van der Waals surface area contributed by atoms with Crippen molar-refractivity contribution in [3.05, 3.63) is 66.4 Å². The van der Waals surface area contributed by atoms with Crippen molar-refractivity contribution in [2.45, 2.75) is 6.92 Å². The first-order chi connectivity index (χ1) is 15.5. The number of benzene rings is 2. The van der Waals surface area contributed by atoms with Crippen molar-refractivity contribution in [2.75, 3.05) is 14.2 Å². The molecule has 0 bridgehead atoms. The molecule has 0 atom stereocenters. The largest absolute Gasteiger partial charge is 0.504 e. The Morgan fingerprint density at radius 1 is 1.03 bits per heavy atom. The van der Waals surface area contributed by atoms with Crippen LogP contribution in [0.25, 0.3) is 16.9 Å². The molecule has 4 aromatic rings. The van der Waals surface area contributed by atoms with E-state index in [1.54, 1.807) is 42.6 Å². The van der Waals surface area contributed by atoms with Gasteiger partial charge in [0.1, 0.15) is 11.3 Å². The fourth-order valence-electron chi connectivity index (χ4n) is 3.26. The van der Waals surface area contributed by atoms with Crippen LogP contribution in [0, 0.1) is 0 Å². The molecule has 8 heteroatoms. The van der Waals surface area contributed by atoms with Crippen molar-refractivity contribution in [1.82, 2.24) is 9.38 Å². The first-order valence-corrected chi connectivity index (χ1v) is 9.75. The summed E-state index contributed by atoms with van der Waals surface area (Å²) in [6.45, 7) is 1.33. The Hall–Kier alpha value is -4.33. The summed E-state index contributed by atoms with van der Waals surface area (Å²) < 4.78 is 17.6. The summed E-state index contributed by atoms with van der Waals surface area (Å²) in [5.74, 6) is 1.33. The summed E-state index contributed by atoms with van der Waals surface area (Å²) in [5.41, 5.74) is 2.86. The van der Waals surface area contributed by atoms with E-state index in [0.717, 1.165) is 16.8 Å². The number of carbonyl (C=O) groups excluding carboxylic acids is 1. The number of ether oxygens (including phenoxy) is 3. The summed E-state index contributed by atoms with van der Waals surface area (Å²) in [5, 5.41) is 9.95. The van der Waals surface area contributed by atoms with E-state index >= 15 is 0 Å². The van der Waals surface area contributed by atoms with Gasteiger partial charge in [-0.05, 0) is 54.1 Å². The topological polar surface area (TPSA) is 94.7 Å². The van der Waals surface area contributed by atoms with Gasteiger partial charge in [0.05, 0.1) is 14.2 Å². The third kappa shape index (κ3) is 4.11. The number of carbonyl (C=O) groups is 1. The van der Waals surface area contributed by atoms with Gasteiger partial charge >= 0.3 is 5.97 Å². The lowest BCUT2D eigenvalue weighted by molar-refractivity contribution is -0.132. The molecule has 4 rings (SSSR count). The Labute approximate surface area is 184 Å². The van der Waals surface area contributed by atoms with E-state index in [1.807, 2.05) is 28.8 Å². The zero-order valence-corrected chi connectivity index (χ0v) is 17.8. The first kappa shape index (κ1) is 20.9. The molecule has 0 spiro atoms. The fourth-order valence-corrected chi connectivity index (χ4v) is 3.26. The molecule has 32 heavy (non-hydrogen) atoms. The average molecular weight is 431 g/mol. The van der Waals surface area contributed by atoms with E-state index in [0.29, 0.717) is 28.8 Å². The minimum Gasteiger partial charge on any atom is -0.504 e. The van der Waals surface area contributed by atoms with Gasteiger partial charge in [0.2, 0.25) is 0 Å². The van der Waals surface area contributed by atoms with Crippen LogP contribution in [0.15, 0.2) is 65.8 Å². The predicted molar refractivity (Wildman–Crippen MR) is 120 cm³/mol. The van der Waals surface area contributed by atoms with Crippen LogP contribution in [-0.2, 0) is 4.79 Å². The number of aromatic nitrogens is 2. The second-order valence-electron chi connectivity index (χ2n) is 6.86. The van der Waals surface area contributed by atoms with Crippen molar-refractivity contribution in [1.29, 1.82) is 0 Å². The molecule has 1 N–H and O–H groups in total. The van der Waals surface area contributed by atoms with Crippen molar-refractivity contribution in [3.8, 4) is 34.3 Å². The molecule has 2 aromatic heterocycles. The molecule has 0 radical (unpaired) electrons. The molecule has 0 saturated carbocycles. The molecule has 0 amide bonds. The molecular formula is C24H21N3O5. The molecule has 0 aliphatic rings. The van der Waals surface area contributed by atoms with Gasteiger partial charge in [-0.1, -0.05) is 6.07 Å². The van der Waals surface area contributed by atoms with Crippen molar-refractivity contribution < 1.29 is 24.1 Å². The van der Waals surface area contributed by atoms with Crippen LogP contribution < -0.4 is 14.2 Å². The van der Waals surface area contributed by atoms with E-state index in [1.165, 1.54) is 21.1 Å². The zero-order chi connectivity index (χ0) is 22.7. The van der Waals surface area contributed by atoms with Crippen LogP contribution in [0.1, 0.15) is 12.5 Å². The van der Waals surface area contributed by atoms with E-state index in [2.05, 4.69) is 0 Å². The molecule has 8 nitrogen and oxygen atoms in total. The highest BCUT2D eigenvalue weighted by Gasteiger charge is 2.15. The summed E-state index contributed by atoms with van der Waals surface area (Å²) in [4.78, 5) is 20.7. The van der Waals surface area contributed by atoms with Gasteiger partial charge in [-0.15, -0.1) is 0 Å². The quantitative estimate of drug-likeness (QED) is 0.276. The van der Waals surface area contributed by atoms with E-state index in [9.17, 15) is 9.90 Å². The molecular weight excluding hydrogens is 410 g/mol. The van der Waals surface area contributed by atoms with Crippen LogP contribution >= 0.6 is 0 Å². The Morgan fingerprint density at radius 2 is 1.84 bits per heavy atom. The van der Waals surface area contributed by atoms with E-state index in [4.69, 9.17) is 24.2 Å². The lowest BCUT2D eigenvalue weighted by atomic mass is 10.1. The number of methoxy groups -OCH3 is 2. The highest BCUT2D eigenvalue weighted by Crippen LogP contribution is 2.36. The third-order valence-corrected chi connectivity index (χ3v) is 4.74. The van der Waals surface area contributed by atoms with Gasteiger partial charge in [-0.25, -0.2) is 9.98 Å². The van der Waals surface area contributed by atoms with Crippen molar-refractivity contribution >= 4 is 23.6 Å². The lowest BCUT2D eigenvalue weighted by Crippen LogP contribution is -2.03. The normalized spacial score (nSPS) is 11.1. The average Bonchev–Trinajstić information content (AvgIpc) is 3.17. The minimum absolute atomic E-state index is 0.0463. The van der Waals surface area contributed by atoms with Crippen LogP contribution in [0.2, 0.25) is 0 Å². The third-order valence-electron chi connectivity index (χ3n) is 4.74. The highest BCUT2D eigenvalue weighted by atomic mass is 16.6. The summed E-state index contributed by atoms with van der Waals surface area (Å²) in [6, 6.07) is 15.9. The second-order valence-corrected chi connectivity index (χ2v) is 6.86. The Bertz CT molecular complexity index is 1330. The smallest absolute Gasteiger partial charge is 0.308 e. The predicted octanol–water partition coefficient (Wildman–Crippen LogP) is 4.40. The number of hydrogen-bond acceptors (Lipinski definition) is 7. The van der Waals surface area contributed by atoms with E-state index in [-0.39, 0.29) is 5.75 Å². The highest BCUT2D eigenvalue weighted by molar-refractivity contribution is 5.86. The molecule has 0 saturated heterocycles. The van der Waals surface area contributed by atoms with Gasteiger partial charge < -0.3 is 19.3 Å². The number of fused-ring (bicyclic) bond motifs is 1. The van der Waals surface area contributed by atoms with Crippen LogP contribution in [-0.4, -0.2) is 40.9 Å². The molecule has 0 aliphatic carbocycles. The summed E-state index contributed by atoms with van der Waals surface area (Å²) in [6.07, 6.45) is 3.55. The fraction of sp³-hybridized carbons (Fsp3) is 0.125. The van der Waals surface area contributed by atoms with Crippen molar-refractivity contribution in [2.24, 2.45) is 4.99 Å². The molecule has 162 valence electrons. The Balaban J connectivity index is 1.79. The van der Waals surface area contributed by atoms with E-state index < -0.39 is 5.97 Å². The maximum atomic E-state index is 11.3. The number of hydrogen-bond donors (Lipinski definition) is 1. The minimum atomic E-state index is -0.426. The standard InChI is InChI=1S/C24H21N3O5/c1-15(28)32-19-10-7-16(12-21(19)31-3)14-25-24-23(26-22-6-4-5-11-27(22)24)17-8-9-18(29)20(13-17)30-2/h4-14,29H,1-3H3/b25-14+. The van der Waals surface area contributed by atoms with Gasteiger partial charge in [0, 0.05) is 24.9 Å². The van der Waals surface area contributed by atoms with Crippen LogP contribution in [0.4, 0.5) is 5.82 Å². The monoisotopic (exact) mass is 431 g/mol. The zero-order valence-electron chi connectivity index (χ0n) is 17.8. The molecule has 2 aromatic carbocycles. The van der Waals surface area contributed by atoms with Crippen LogP contribution in [0.3, 0.4) is 0 Å². The number of phenols is 1. The number of imidazole rings is 1. The lowest BCUT2D eigenvalue weighted by Gasteiger charge is -2.08. The number of pyridine rings is 1. The number of rotatable bonds is 6. The SMILES string of the molecule is COc1cc(-c2nc3ccccn3c2/N=C/c2ccc(OC(C)=O)c(OC)c2)ccc1O. The number of nitrogens with zero attached hydrogens (tertiary/aromatic N) is 3. The number of phenolic OH excluding ortho intramolecular Hbond substituents is 1. The summed E-state index contributed by atoms with van der Waals surface area (Å²) >= 11 is 0.